The van der Waals surface area contributed by atoms with Crippen molar-refractivity contribution in [3.05, 3.63) is 58.4 Å². The molecule has 1 aliphatic rings. The normalized spacial score (nSPS) is 14.8. The van der Waals surface area contributed by atoms with E-state index in [1.807, 2.05) is 6.07 Å². The SMILES string of the molecule is O=C(Nc1ccccn1)C1CCN(C(=O)CCc2ccc(Br)cc2F)CC1. The number of anilines is 1. The Labute approximate surface area is 166 Å². The van der Waals surface area contributed by atoms with E-state index in [9.17, 15) is 14.0 Å². The van der Waals surface area contributed by atoms with Crippen LogP contribution in [0.25, 0.3) is 0 Å². The lowest BCUT2D eigenvalue weighted by molar-refractivity contribution is -0.134. The quantitative estimate of drug-likeness (QED) is 0.779. The number of pyridine rings is 1. The first-order chi connectivity index (χ1) is 13.0. The van der Waals surface area contributed by atoms with Gasteiger partial charge in [0.1, 0.15) is 11.6 Å². The van der Waals surface area contributed by atoms with Crippen LogP contribution in [-0.4, -0.2) is 34.8 Å². The van der Waals surface area contributed by atoms with Crippen LogP contribution in [0.4, 0.5) is 10.2 Å². The van der Waals surface area contributed by atoms with E-state index in [2.05, 4.69) is 26.2 Å². The van der Waals surface area contributed by atoms with Crippen LogP contribution in [0.2, 0.25) is 0 Å². The molecule has 0 spiro atoms. The molecular weight excluding hydrogens is 413 g/mol. The maximum absolute atomic E-state index is 13.9. The minimum absolute atomic E-state index is 0.000836. The van der Waals surface area contributed by atoms with Crippen LogP contribution in [0, 0.1) is 11.7 Å². The molecule has 27 heavy (non-hydrogen) atoms. The number of hydrogen-bond donors (Lipinski definition) is 1. The highest BCUT2D eigenvalue weighted by Crippen LogP contribution is 2.21. The largest absolute Gasteiger partial charge is 0.343 e. The molecule has 0 atom stereocenters. The molecule has 0 radical (unpaired) electrons. The first kappa shape index (κ1) is 19.5. The lowest BCUT2D eigenvalue weighted by Crippen LogP contribution is -2.41. The second kappa shape index (κ2) is 9.08. The van der Waals surface area contributed by atoms with Crippen molar-refractivity contribution >= 4 is 33.6 Å². The highest BCUT2D eigenvalue weighted by Gasteiger charge is 2.27. The van der Waals surface area contributed by atoms with Crippen molar-refractivity contribution in [2.75, 3.05) is 18.4 Å². The van der Waals surface area contributed by atoms with E-state index in [0.717, 1.165) is 0 Å². The summed E-state index contributed by atoms with van der Waals surface area (Å²) in [5, 5.41) is 2.81. The maximum Gasteiger partial charge on any atom is 0.228 e. The van der Waals surface area contributed by atoms with E-state index in [4.69, 9.17) is 0 Å². The molecular formula is C20H21BrFN3O2. The standard InChI is InChI=1S/C20H21BrFN3O2/c21-16-6-4-14(17(22)13-16)5-7-19(26)25-11-8-15(9-12-25)20(27)24-18-3-1-2-10-23-18/h1-4,6,10,13,15H,5,7-9,11-12H2,(H,23,24,27). The minimum Gasteiger partial charge on any atom is -0.343 e. The number of amides is 2. The summed E-state index contributed by atoms with van der Waals surface area (Å²) in [4.78, 5) is 30.6. The van der Waals surface area contributed by atoms with E-state index < -0.39 is 0 Å². The Hall–Kier alpha value is -2.28. The number of carbonyl (C=O) groups is 2. The lowest BCUT2D eigenvalue weighted by atomic mass is 9.95. The number of aryl methyl sites for hydroxylation is 1. The van der Waals surface area contributed by atoms with Gasteiger partial charge in [0.2, 0.25) is 11.8 Å². The Kier molecular flexibility index (Phi) is 6.55. The fourth-order valence-electron chi connectivity index (χ4n) is 3.18. The highest BCUT2D eigenvalue weighted by molar-refractivity contribution is 9.10. The van der Waals surface area contributed by atoms with Crippen molar-refractivity contribution < 1.29 is 14.0 Å². The molecule has 0 saturated carbocycles. The number of aromatic nitrogens is 1. The molecule has 2 heterocycles. The summed E-state index contributed by atoms with van der Waals surface area (Å²) >= 11 is 3.23. The average molecular weight is 434 g/mol. The van der Waals surface area contributed by atoms with Crippen LogP contribution in [0.15, 0.2) is 47.1 Å². The van der Waals surface area contributed by atoms with E-state index in [-0.39, 0.29) is 30.0 Å². The van der Waals surface area contributed by atoms with Crippen LogP contribution in [-0.2, 0) is 16.0 Å². The van der Waals surface area contributed by atoms with E-state index >= 15 is 0 Å². The summed E-state index contributed by atoms with van der Waals surface area (Å²) in [5.74, 6) is 0.0539. The number of likely N-dealkylation sites (tertiary alicyclic amines) is 1. The number of halogens is 2. The van der Waals surface area contributed by atoms with Gasteiger partial charge in [-0.3, -0.25) is 9.59 Å². The van der Waals surface area contributed by atoms with Crippen molar-refractivity contribution in [2.24, 2.45) is 5.92 Å². The molecule has 1 saturated heterocycles. The van der Waals surface area contributed by atoms with Crippen molar-refractivity contribution in [1.29, 1.82) is 0 Å². The zero-order valence-corrected chi connectivity index (χ0v) is 16.4. The summed E-state index contributed by atoms with van der Waals surface area (Å²) in [7, 11) is 0. The lowest BCUT2D eigenvalue weighted by Gasteiger charge is -2.31. The Balaban J connectivity index is 1.45. The molecule has 5 nitrogen and oxygen atoms in total. The third kappa shape index (κ3) is 5.35. The molecule has 1 aliphatic heterocycles. The summed E-state index contributed by atoms with van der Waals surface area (Å²) in [5.41, 5.74) is 0.538. The van der Waals surface area contributed by atoms with Crippen LogP contribution >= 0.6 is 15.9 Å². The predicted octanol–water partition coefficient (Wildman–Crippen LogP) is 3.79. The molecule has 2 amide bonds. The Morgan fingerprint density at radius 1 is 1.22 bits per heavy atom. The van der Waals surface area contributed by atoms with Crippen LogP contribution in [0.3, 0.4) is 0 Å². The van der Waals surface area contributed by atoms with Crippen LogP contribution in [0.1, 0.15) is 24.8 Å². The molecule has 7 heteroatoms. The van der Waals surface area contributed by atoms with Crippen molar-refractivity contribution in [3.8, 4) is 0 Å². The zero-order chi connectivity index (χ0) is 19.2. The van der Waals surface area contributed by atoms with Gasteiger partial charge < -0.3 is 10.2 Å². The highest BCUT2D eigenvalue weighted by atomic mass is 79.9. The summed E-state index contributed by atoms with van der Waals surface area (Å²) in [6.45, 7) is 1.09. The van der Waals surface area contributed by atoms with Crippen molar-refractivity contribution in [1.82, 2.24) is 9.88 Å². The third-order valence-electron chi connectivity index (χ3n) is 4.76. The molecule has 0 bridgehead atoms. The van der Waals surface area contributed by atoms with Gasteiger partial charge in [0.15, 0.2) is 0 Å². The molecule has 0 unspecified atom stereocenters. The molecule has 2 aromatic rings. The van der Waals surface area contributed by atoms with Gasteiger partial charge in [0.05, 0.1) is 0 Å². The average Bonchev–Trinajstić information content (AvgIpc) is 2.68. The fourth-order valence-corrected chi connectivity index (χ4v) is 3.51. The molecule has 1 aromatic carbocycles. The Morgan fingerprint density at radius 3 is 2.67 bits per heavy atom. The first-order valence-corrected chi connectivity index (χ1v) is 9.76. The summed E-state index contributed by atoms with van der Waals surface area (Å²) < 4.78 is 14.5. The molecule has 0 aliphatic carbocycles. The molecule has 1 aromatic heterocycles. The number of hydrogen-bond acceptors (Lipinski definition) is 3. The minimum atomic E-state index is -0.304. The maximum atomic E-state index is 13.9. The summed E-state index contributed by atoms with van der Waals surface area (Å²) in [6, 6.07) is 10.2. The number of nitrogens with one attached hydrogen (secondary N) is 1. The van der Waals surface area contributed by atoms with E-state index in [1.165, 1.54) is 6.07 Å². The molecule has 142 valence electrons. The monoisotopic (exact) mass is 433 g/mol. The van der Waals surface area contributed by atoms with Gasteiger partial charge in [0.25, 0.3) is 0 Å². The van der Waals surface area contributed by atoms with Gasteiger partial charge in [-0.25, -0.2) is 9.37 Å². The topological polar surface area (TPSA) is 62.3 Å². The number of carbonyl (C=O) groups excluding carboxylic acids is 2. The van der Waals surface area contributed by atoms with Crippen molar-refractivity contribution in [3.63, 3.8) is 0 Å². The smallest absolute Gasteiger partial charge is 0.228 e. The number of piperidine rings is 1. The Bertz CT molecular complexity index is 808. The van der Waals surface area contributed by atoms with E-state index in [0.29, 0.717) is 48.2 Å². The van der Waals surface area contributed by atoms with Gasteiger partial charge in [0, 0.05) is 36.1 Å². The van der Waals surface area contributed by atoms with Gasteiger partial charge in [-0.2, -0.15) is 0 Å². The Morgan fingerprint density at radius 2 is 2.00 bits per heavy atom. The van der Waals surface area contributed by atoms with Gasteiger partial charge in [-0.1, -0.05) is 28.1 Å². The zero-order valence-electron chi connectivity index (χ0n) is 14.8. The van der Waals surface area contributed by atoms with Gasteiger partial charge in [-0.15, -0.1) is 0 Å². The van der Waals surface area contributed by atoms with Gasteiger partial charge >= 0.3 is 0 Å². The predicted molar refractivity (Wildman–Crippen MR) is 105 cm³/mol. The van der Waals surface area contributed by atoms with E-state index in [1.54, 1.807) is 35.4 Å². The number of rotatable bonds is 5. The molecule has 1 fully saturated rings. The second-order valence-electron chi connectivity index (χ2n) is 6.60. The van der Waals surface area contributed by atoms with Crippen molar-refractivity contribution in [2.45, 2.75) is 25.7 Å². The molecule has 1 N–H and O–H groups in total. The number of benzene rings is 1. The fraction of sp³-hybridized carbons (Fsp3) is 0.350. The van der Waals surface area contributed by atoms with Crippen LogP contribution in [0.5, 0.6) is 0 Å². The summed E-state index contributed by atoms with van der Waals surface area (Å²) in [6.07, 6.45) is 3.51. The third-order valence-corrected chi connectivity index (χ3v) is 5.25. The van der Waals surface area contributed by atoms with Crippen LogP contribution < -0.4 is 5.32 Å². The first-order valence-electron chi connectivity index (χ1n) is 8.96. The second-order valence-corrected chi connectivity index (χ2v) is 7.51. The molecule has 3 rings (SSSR count). The number of nitrogens with zero attached hydrogens (tertiary/aromatic N) is 2. The van der Waals surface area contributed by atoms with Gasteiger partial charge in [-0.05, 0) is 49.1 Å².